The van der Waals surface area contributed by atoms with Crippen LogP contribution in [0.15, 0.2) is 29.2 Å². The van der Waals surface area contributed by atoms with Crippen molar-refractivity contribution in [1.82, 2.24) is 0 Å². The molecule has 0 aliphatic carbocycles. The fourth-order valence-corrected chi connectivity index (χ4v) is 3.79. The maximum Gasteiger partial charge on any atom is 0.297 e. The molecule has 0 bridgehead atoms. The zero-order chi connectivity index (χ0) is 15.9. The molecule has 2 saturated heterocycles. The van der Waals surface area contributed by atoms with Gasteiger partial charge in [-0.25, -0.2) is 8.78 Å². The molecule has 2 fully saturated rings. The Morgan fingerprint density at radius 3 is 2.41 bits per heavy atom. The van der Waals surface area contributed by atoms with Crippen LogP contribution in [-0.2, 0) is 23.8 Å². The van der Waals surface area contributed by atoms with Crippen molar-refractivity contribution in [3.05, 3.63) is 29.8 Å². The van der Waals surface area contributed by atoms with Gasteiger partial charge in [-0.2, -0.15) is 8.42 Å². The van der Waals surface area contributed by atoms with E-state index in [0.29, 0.717) is 0 Å². The second kappa shape index (κ2) is 5.84. The van der Waals surface area contributed by atoms with Crippen molar-refractivity contribution in [2.45, 2.75) is 36.6 Å². The summed E-state index contributed by atoms with van der Waals surface area (Å²) in [6.45, 7) is 1.60. The lowest BCUT2D eigenvalue weighted by atomic mass is 10.0. The topological polar surface area (TPSA) is 61.8 Å². The lowest BCUT2D eigenvalue weighted by Gasteiger charge is -2.16. The summed E-state index contributed by atoms with van der Waals surface area (Å²) in [5.41, 5.74) is 0.919. The Kier molecular flexibility index (Phi) is 4.19. The monoisotopic (exact) mass is 334 g/mol. The van der Waals surface area contributed by atoms with Crippen LogP contribution in [0.3, 0.4) is 0 Å². The summed E-state index contributed by atoms with van der Waals surface area (Å²) < 4.78 is 65.8. The fraction of sp³-hybridized carbons (Fsp3) is 0.571. The molecule has 0 radical (unpaired) electrons. The van der Waals surface area contributed by atoms with Crippen LogP contribution in [-0.4, -0.2) is 46.4 Å². The number of benzene rings is 1. The number of aryl methyl sites for hydroxylation is 1. The van der Waals surface area contributed by atoms with Gasteiger partial charge in [0.15, 0.2) is 0 Å². The van der Waals surface area contributed by atoms with E-state index in [9.17, 15) is 17.2 Å². The van der Waals surface area contributed by atoms with Gasteiger partial charge in [-0.05, 0) is 19.1 Å². The zero-order valence-electron chi connectivity index (χ0n) is 11.8. The molecule has 2 heterocycles. The first-order valence-corrected chi connectivity index (χ1v) is 8.30. The van der Waals surface area contributed by atoms with Crippen LogP contribution in [0.2, 0.25) is 0 Å². The van der Waals surface area contributed by atoms with Gasteiger partial charge in [0.2, 0.25) is 6.43 Å². The van der Waals surface area contributed by atoms with Gasteiger partial charge in [-0.3, -0.25) is 4.18 Å². The van der Waals surface area contributed by atoms with Gasteiger partial charge in [0, 0.05) is 0 Å². The minimum absolute atomic E-state index is 0.0185. The summed E-state index contributed by atoms with van der Waals surface area (Å²) in [4.78, 5) is 0.0185. The van der Waals surface area contributed by atoms with Gasteiger partial charge < -0.3 is 9.47 Å². The van der Waals surface area contributed by atoms with Crippen LogP contribution in [0.25, 0.3) is 0 Å². The van der Waals surface area contributed by atoms with Crippen LogP contribution in [0, 0.1) is 12.8 Å². The quantitative estimate of drug-likeness (QED) is 0.785. The van der Waals surface area contributed by atoms with Gasteiger partial charge in [-0.1, -0.05) is 17.7 Å². The van der Waals surface area contributed by atoms with Crippen molar-refractivity contribution in [3.8, 4) is 0 Å². The molecule has 1 aromatic carbocycles. The first-order chi connectivity index (χ1) is 10.4. The number of alkyl halides is 2. The minimum atomic E-state index is -3.98. The van der Waals surface area contributed by atoms with Crippen LogP contribution in [0.5, 0.6) is 0 Å². The Bertz CT molecular complexity index is 631. The third kappa shape index (κ3) is 2.88. The van der Waals surface area contributed by atoms with Crippen LogP contribution >= 0.6 is 0 Å². The van der Waals surface area contributed by atoms with E-state index in [2.05, 4.69) is 0 Å². The van der Waals surface area contributed by atoms with Gasteiger partial charge in [0.25, 0.3) is 10.1 Å². The van der Waals surface area contributed by atoms with Crippen molar-refractivity contribution in [3.63, 3.8) is 0 Å². The maximum absolute atomic E-state index is 12.8. The minimum Gasteiger partial charge on any atom is -0.372 e. The molecular weight excluding hydrogens is 318 g/mol. The van der Waals surface area contributed by atoms with Crippen molar-refractivity contribution >= 4 is 10.1 Å². The molecule has 3 unspecified atom stereocenters. The van der Waals surface area contributed by atoms with E-state index in [1.807, 2.05) is 6.92 Å². The summed E-state index contributed by atoms with van der Waals surface area (Å²) >= 11 is 0. The standard InChI is InChI=1S/C14H16F2O5S/c1-8-2-4-9(5-3-8)22(17,18)21-11-7-20-12-10(14(15)16)6-19-13(11)12/h2-5,10-14H,6-7H2,1H3/t10?,11?,12-,13?/m1/s1. The Labute approximate surface area is 127 Å². The SMILES string of the molecule is Cc1ccc(S(=O)(=O)OC2CO[C@@H]3C(C(F)F)COC23)cc1. The van der Waals surface area contributed by atoms with Crippen molar-refractivity contribution < 1.29 is 30.9 Å². The lowest BCUT2D eigenvalue weighted by Crippen LogP contribution is -2.34. The number of hydrogen-bond donors (Lipinski definition) is 0. The Morgan fingerprint density at radius 1 is 1.14 bits per heavy atom. The number of hydrogen-bond acceptors (Lipinski definition) is 5. The number of halogens is 2. The van der Waals surface area contributed by atoms with Crippen molar-refractivity contribution in [2.24, 2.45) is 5.92 Å². The molecule has 0 N–H and O–H groups in total. The van der Waals surface area contributed by atoms with Gasteiger partial charge in [-0.15, -0.1) is 0 Å². The lowest BCUT2D eigenvalue weighted by molar-refractivity contribution is -0.0105. The third-order valence-electron chi connectivity index (χ3n) is 3.93. The molecule has 0 spiro atoms. The smallest absolute Gasteiger partial charge is 0.297 e. The predicted octanol–water partition coefficient (Wildman–Crippen LogP) is 1.75. The van der Waals surface area contributed by atoms with Gasteiger partial charge in [0.05, 0.1) is 30.1 Å². The first-order valence-electron chi connectivity index (χ1n) is 6.90. The van der Waals surface area contributed by atoms with E-state index in [1.54, 1.807) is 12.1 Å². The molecule has 1 aromatic rings. The second-order valence-corrected chi connectivity index (χ2v) is 7.07. The highest BCUT2D eigenvalue weighted by Crippen LogP contribution is 2.36. The Balaban J connectivity index is 1.73. The molecular formula is C14H16F2O5S. The van der Waals surface area contributed by atoms with E-state index >= 15 is 0 Å². The van der Waals surface area contributed by atoms with E-state index in [1.165, 1.54) is 12.1 Å². The molecule has 4 atom stereocenters. The van der Waals surface area contributed by atoms with E-state index < -0.39 is 40.8 Å². The average Bonchev–Trinajstić information content (AvgIpc) is 3.02. The first kappa shape index (κ1) is 15.8. The molecule has 22 heavy (non-hydrogen) atoms. The molecule has 8 heteroatoms. The summed E-state index contributed by atoms with van der Waals surface area (Å²) in [6.07, 6.45) is -5.07. The third-order valence-corrected chi connectivity index (χ3v) is 5.28. The number of rotatable bonds is 4. The maximum atomic E-state index is 12.8. The predicted molar refractivity (Wildman–Crippen MR) is 72.2 cm³/mol. The zero-order valence-corrected chi connectivity index (χ0v) is 12.6. The van der Waals surface area contributed by atoms with Gasteiger partial charge >= 0.3 is 0 Å². The van der Waals surface area contributed by atoms with Crippen molar-refractivity contribution in [2.75, 3.05) is 13.2 Å². The number of ether oxygens (including phenoxy) is 2. The average molecular weight is 334 g/mol. The summed E-state index contributed by atoms with van der Waals surface area (Å²) in [7, 11) is -3.98. The summed E-state index contributed by atoms with van der Waals surface area (Å²) in [5.74, 6) is -1.04. The largest absolute Gasteiger partial charge is 0.372 e. The highest BCUT2D eigenvalue weighted by molar-refractivity contribution is 7.86. The summed E-state index contributed by atoms with van der Waals surface area (Å²) in [5, 5.41) is 0. The van der Waals surface area contributed by atoms with Crippen molar-refractivity contribution in [1.29, 1.82) is 0 Å². The normalized spacial score (nSPS) is 31.6. The Hall–Kier alpha value is -1.09. The molecule has 0 saturated carbocycles. The number of fused-ring (bicyclic) bond motifs is 1. The van der Waals surface area contributed by atoms with E-state index in [4.69, 9.17) is 13.7 Å². The molecule has 2 aliphatic rings. The molecule has 122 valence electrons. The molecule has 0 amide bonds. The van der Waals surface area contributed by atoms with Gasteiger partial charge in [0.1, 0.15) is 12.2 Å². The highest BCUT2D eigenvalue weighted by atomic mass is 32.2. The fourth-order valence-electron chi connectivity index (χ4n) is 2.72. The highest BCUT2D eigenvalue weighted by Gasteiger charge is 2.52. The van der Waals surface area contributed by atoms with E-state index in [0.717, 1.165) is 5.56 Å². The second-order valence-electron chi connectivity index (χ2n) is 5.50. The van der Waals surface area contributed by atoms with Crippen LogP contribution < -0.4 is 0 Å². The van der Waals surface area contributed by atoms with Crippen LogP contribution in [0.4, 0.5) is 8.78 Å². The van der Waals surface area contributed by atoms with E-state index in [-0.39, 0.29) is 18.1 Å². The molecule has 5 nitrogen and oxygen atoms in total. The molecule has 2 aliphatic heterocycles. The van der Waals surface area contributed by atoms with Crippen LogP contribution in [0.1, 0.15) is 5.56 Å². The summed E-state index contributed by atoms with van der Waals surface area (Å²) in [6, 6.07) is 6.19. The molecule has 3 rings (SSSR count). The molecule has 0 aromatic heterocycles. The Morgan fingerprint density at radius 2 is 1.77 bits per heavy atom.